The fourth-order valence-corrected chi connectivity index (χ4v) is 4.24. The van der Waals surface area contributed by atoms with Crippen molar-refractivity contribution in [2.24, 2.45) is 5.73 Å². The van der Waals surface area contributed by atoms with E-state index in [1.807, 2.05) is 6.92 Å². The Bertz CT molecular complexity index is 965. The van der Waals surface area contributed by atoms with Crippen molar-refractivity contribution in [2.75, 3.05) is 36.5 Å². The maximum absolute atomic E-state index is 12.9. The van der Waals surface area contributed by atoms with Gasteiger partial charge in [0.15, 0.2) is 0 Å². The van der Waals surface area contributed by atoms with Gasteiger partial charge in [0.25, 0.3) is 11.8 Å². The lowest BCUT2D eigenvalue weighted by Gasteiger charge is -2.28. The fraction of sp³-hybridized carbons (Fsp3) is 0.381. The van der Waals surface area contributed by atoms with Crippen molar-refractivity contribution in [3.63, 3.8) is 0 Å². The number of anilines is 2. The summed E-state index contributed by atoms with van der Waals surface area (Å²) in [6.45, 7) is 3.33. The monoisotopic (exact) mass is 464 g/mol. The van der Waals surface area contributed by atoms with Crippen LogP contribution in [0.25, 0.3) is 0 Å². The number of rotatable bonds is 8. The van der Waals surface area contributed by atoms with E-state index < -0.39 is 6.04 Å². The van der Waals surface area contributed by atoms with Crippen molar-refractivity contribution < 1.29 is 19.1 Å². The van der Waals surface area contributed by atoms with Gasteiger partial charge < -0.3 is 26.0 Å². The zero-order chi connectivity index (χ0) is 22.4. The van der Waals surface area contributed by atoms with Crippen LogP contribution < -0.4 is 21.3 Å². The number of halogens is 1. The highest BCUT2D eigenvalue weighted by atomic mass is 35.5. The molecule has 166 valence electrons. The fourth-order valence-electron chi connectivity index (χ4n) is 3.29. The van der Waals surface area contributed by atoms with E-state index in [2.05, 4.69) is 10.6 Å². The van der Waals surface area contributed by atoms with Gasteiger partial charge in [-0.25, -0.2) is 0 Å². The van der Waals surface area contributed by atoms with Crippen LogP contribution in [0, 0.1) is 6.92 Å². The molecule has 1 atom stereocenters. The molecule has 2 aromatic rings. The molecule has 0 saturated carbocycles. The molecule has 0 radical (unpaired) electrons. The summed E-state index contributed by atoms with van der Waals surface area (Å²) in [5.74, 6) is -0.783. The first-order chi connectivity index (χ1) is 14.9. The Hall–Kier alpha value is -2.46. The minimum absolute atomic E-state index is 0.0654. The number of nitrogens with one attached hydrogen (secondary N) is 2. The first-order valence-electron chi connectivity index (χ1n) is 9.95. The number of nitrogens with zero attached hydrogens (tertiary/aromatic N) is 1. The number of carbonyl (C=O) groups excluding carboxylic acids is 3. The lowest BCUT2D eigenvalue weighted by Crippen LogP contribution is -2.44. The van der Waals surface area contributed by atoms with Crippen LogP contribution in [-0.2, 0) is 14.3 Å². The highest BCUT2D eigenvalue weighted by Crippen LogP contribution is 2.25. The molecule has 3 rings (SSSR count). The number of aryl methyl sites for hydroxylation is 1. The molecule has 0 unspecified atom stereocenters. The Morgan fingerprint density at radius 2 is 2.13 bits per heavy atom. The smallest absolute Gasteiger partial charge is 0.262 e. The third-order valence-corrected chi connectivity index (χ3v) is 6.09. The molecule has 3 amide bonds. The van der Waals surface area contributed by atoms with Gasteiger partial charge >= 0.3 is 0 Å². The van der Waals surface area contributed by atoms with E-state index in [0.717, 1.165) is 22.6 Å². The molecule has 1 aliphatic rings. The molecule has 10 heteroatoms. The number of ether oxygens (including phenoxy) is 1. The lowest BCUT2D eigenvalue weighted by molar-refractivity contribution is -0.125. The number of morpholine rings is 1. The largest absolute Gasteiger partial charge is 0.370 e. The maximum Gasteiger partial charge on any atom is 0.262 e. The molecule has 0 bridgehead atoms. The molecule has 1 aliphatic heterocycles. The van der Waals surface area contributed by atoms with E-state index in [0.29, 0.717) is 47.4 Å². The summed E-state index contributed by atoms with van der Waals surface area (Å²) in [6, 6.07) is 7.86. The maximum atomic E-state index is 12.9. The second kappa shape index (κ2) is 10.7. The Labute approximate surface area is 189 Å². The van der Waals surface area contributed by atoms with Crippen molar-refractivity contribution in [2.45, 2.75) is 25.8 Å². The van der Waals surface area contributed by atoms with Gasteiger partial charge in [0.05, 0.1) is 15.8 Å². The van der Waals surface area contributed by atoms with Crippen molar-refractivity contribution in [3.8, 4) is 0 Å². The molecule has 1 saturated heterocycles. The molecular formula is C21H25ClN4O4S. The number of benzene rings is 1. The number of hydrogen-bond donors (Lipinski definition) is 3. The molecule has 0 spiro atoms. The summed E-state index contributed by atoms with van der Waals surface area (Å²) in [5, 5.41) is 5.61. The topological polar surface area (TPSA) is 114 Å². The second-order valence-corrected chi connectivity index (χ2v) is 8.86. The molecule has 31 heavy (non-hydrogen) atoms. The Morgan fingerprint density at radius 1 is 1.32 bits per heavy atom. The standard InChI is InChI=1S/C21H25ClN4O4S/c1-13-11-14(4-5-16(13)26-9-10-30-12-19(26)27)24-20(28)15(3-2-8-23)25-21(29)17-6-7-18(22)31-17/h4-7,11,15H,2-3,8-10,12,23H2,1H3,(H,24,28)(H,25,29)/t15-/m1/s1. The Morgan fingerprint density at radius 3 is 2.77 bits per heavy atom. The zero-order valence-electron chi connectivity index (χ0n) is 17.2. The number of amides is 3. The molecular weight excluding hydrogens is 440 g/mol. The molecule has 2 heterocycles. The molecule has 0 aliphatic carbocycles. The lowest BCUT2D eigenvalue weighted by atomic mass is 10.1. The molecule has 1 fully saturated rings. The highest BCUT2D eigenvalue weighted by molar-refractivity contribution is 7.18. The second-order valence-electron chi connectivity index (χ2n) is 7.15. The first kappa shape index (κ1) is 23.2. The minimum atomic E-state index is -0.738. The normalized spacial score (nSPS) is 14.9. The predicted octanol–water partition coefficient (Wildman–Crippen LogP) is 2.55. The van der Waals surface area contributed by atoms with Gasteiger partial charge in [0.1, 0.15) is 12.6 Å². The van der Waals surface area contributed by atoms with Crippen LogP contribution in [0.2, 0.25) is 4.34 Å². The molecule has 1 aromatic carbocycles. The van der Waals surface area contributed by atoms with Crippen LogP contribution in [0.3, 0.4) is 0 Å². The van der Waals surface area contributed by atoms with Crippen LogP contribution in [0.5, 0.6) is 0 Å². The molecule has 1 aromatic heterocycles. The average molecular weight is 465 g/mol. The number of hydrogen-bond acceptors (Lipinski definition) is 6. The summed E-state index contributed by atoms with van der Waals surface area (Å²) in [7, 11) is 0. The average Bonchev–Trinajstić information content (AvgIpc) is 3.18. The van der Waals surface area contributed by atoms with E-state index in [9.17, 15) is 14.4 Å². The Kier molecular flexibility index (Phi) is 8.03. The summed E-state index contributed by atoms with van der Waals surface area (Å²) in [5.41, 5.74) is 7.81. The van der Waals surface area contributed by atoms with Crippen LogP contribution in [-0.4, -0.2) is 50.1 Å². The quantitative estimate of drug-likeness (QED) is 0.555. The predicted molar refractivity (Wildman–Crippen MR) is 122 cm³/mol. The Balaban J connectivity index is 1.69. The van der Waals surface area contributed by atoms with Gasteiger partial charge in [-0.3, -0.25) is 14.4 Å². The van der Waals surface area contributed by atoms with Crippen molar-refractivity contribution in [1.82, 2.24) is 5.32 Å². The number of carbonyl (C=O) groups is 3. The van der Waals surface area contributed by atoms with E-state index in [1.54, 1.807) is 35.2 Å². The molecule has 4 N–H and O–H groups in total. The molecule has 8 nitrogen and oxygen atoms in total. The first-order valence-corrected chi connectivity index (χ1v) is 11.1. The van der Waals surface area contributed by atoms with Gasteiger partial charge in [-0.2, -0.15) is 0 Å². The van der Waals surface area contributed by atoms with E-state index >= 15 is 0 Å². The summed E-state index contributed by atoms with van der Waals surface area (Å²) < 4.78 is 5.68. The van der Waals surface area contributed by atoms with E-state index in [4.69, 9.17) is 22.1 Å². The van der Waals surface area contributed by atoms with Gasteiger partial charge in [-0.15, -0.1) is 11.3 Å². The van der Waals surface area contributed by atoms with Gasteiger partial charge in [0.2, 0.25) is 5.91 Å². The third-order valence-electron chi connectivity index (χ3n) is 4.86. The van der Waals surface area contributed by atoms with Crippen LogP contribution >= 0.6 is 22.9 Å². The summed E-state index contributed by atoms with van der Waals surface area (Å²) in [6.07, 6.45) is 0.993. The van der Waals surface area contributed by atoms with E-state index in [1.165, 1.54) is 0 Å². The SMILES string of the molecule is Cc1cc(NC(=O)[C@@H](CCCN)NC(=O)c2ccc(Cl)s2)ccc1N1CCOCC1=O. The van der Waals surface area contributed by atoms with Crippen molar-refractivity contribution in [1.29, 1.82) is 0 Å². The summed E-state index contributed by atoms with van der Waals surface area (Å²) in [4.78, 5) is 39.6. The van der Waals surface area contributed by atoms with Crippen LogP contribution in [0.1, 0.15) is 28.1 Å². The minimum Gasteiger partial charge on any atom is -0.370 e. The zero-order valence-corrected chi connectivity index (χ0v) is 18.7. The van der Waals surface area contributed by atoms with Gasteiger partial charge in [-0.05, 0) is 62.2 Å². The number of nitrogens with two attached hydrogens (primary N) is 1. The number of thiophene rings is 1. The van der Waals surface area contributed by atoms with Gasteiger partial charge in [0, 0.05) is 17.9 Å². The third kappa shape index (κ3) is 6.04. The summed E-state index contributed by atoms with van der Waals surface area (Å²) >= 11 is 7.05. The van der Waals surface area contributed by atoms with Crippen LogP contribution in [0.4, 0.5) is 11.4 Å². The highest BCUT2D eigenvalue weighted by Gasteiger charge is 2.24. The van der Waals surface area contributed by atoms with Gasteiger partial charge in [-0.1, -0.05) is 11.6 Å². The van der Waals surface area contributed by atoms with E-state index in [-0.39, 0.29) is 24.3 Å². The van der Waals surface area contributed by atoms with Crippen molar-refractivity contribution >= 4 is 52.0 Å². The van der Waals surface area contributed by atoms with Crippen LogP contribution in [0.15, 0.2) is 30.3 Å². The van der Waals surface area contributed by atoms with Crippen molar-refractivity contribution in [3.05, 3.63) is 45.1 Å².